The number of aliphatic hydroxyl groups is 1. The highest BCUT2D eigenvalue weighted by atomic mass is 35.5. The number of carboxylic acids is 1. The molecule has 58 heavy (non-hydrogen) atoms. The molecule has 0 spiro atoms. The van der Waals surface area contributed by atoms with Crippen LogP contribution in [0.1, 0.15) is 46.2 Å². The molecule has 6 rings (SSSR count). The van der Waals surface area contributed by atoms with E-state index in [2.05, 4.69) is 77.2 Å². The lowest BCUT2D eigenvalue weighted by atomic mass is 9.89. The number of carbonyl (C=O) groups is 2. The number of carbonyl (C=O) groups excluding carboxylic acids is 1. The van der Waals surface area contributed by atoms with Crippen LogP contribution in [0.3, 0.4) is 0 Å². The Kier molecular flexibility index (Phi) is 14.3. The van der Waals surface area contributed by atoms with Gasteiger partial charge in [0.1, 0.15) is 49.2 Å². The lowest BCUT2D eigenvalue weighted by molar-refractivity contribution is -0.140. The topological polar surface area (TPSA) is 175 Å². The van der Waals surface area contributed by atoms with Crippen LogP contribution in [0.5, 0.6) is 17.2 Å². The number of aromatic nitrogens is 1. The quantitative estimate of drug-likeness (QED) is 0.0577. The fourth-order valence-electron chi connectivity index (χ4n) is 6.82. The van der Waals surface area contributed by atoms with Gasteiger partial charge in [-0.05, 0) is 83.5 Å². The fourth-order valence-corrected chi connectivity index (χ4v) is 7.06. The van der Waals surface area contributed by atoms with Gasteiger partial charge in [-0.2, -0.15) is 5.26 Å². The second-order valence-electron chi connectivity index (χ2n) is 14.1. The Morgan fingerprint density at radius 3 is 2.41 bits per heavy atom. The highest BCUT2D eigenvalue weighted by Crippen LogP contribution is 2.37. The van der Waals surface area contributed by atoms with Crippen molar-refractivity contribution in [2.45, 2.75) is 58.5 Å². The van der Waals surface area contributed by atoms with Gasteiger partial charge in [-0.3, -0.25) is 19.9 Å². The van der Waals surface area contributed by atoms with E-state index < -0.39 is 18.6 Å². The van der Waals surface area contributed by atoms with Gasteiger partial charge in [0.05, 0.1) is 17.2 Å². The van der Waals surface area contributed by atoms with E-state index in [0.29, 0.717) is 52.8 Å². The summed E-state index contributed by atoms with van der Waals surface area (Å²) in [6.45, 7) is 5.88. The van der Waals surface area contributed by atoms with Crippen molar-refractivity contribution in [3.05, 3.63) is 130 Å². The summed E-state index contributed by atoms with van der Waals surface area (Å²) in [5.41, 5.74) is 9.13. The predicted octanol–water partition coefficient (Wildman–Crippen LogP) is 6.50. The number of hydrogen-bond acceptors (Lipinski definition) is 10. The first-order valence-corrected chi connectivity index (χ1v) is 19.4. The maximum Gasteiger partial charge on any atom is 0.323 e. The first kappa shape index (κ1) is 41.7. The summed E-state index contributed by atoms with van der Waals surface area (Å²) in [4.78, 5) is 27.0. The van der Waals surface area contributed by atoms with E-state index in [1.165, 1.54) is 6.20 Å². The van der Waals surface area contributed by atoms with Crippen LogP contribution in [0.15, 0.2) is 91.3 Å². The number of amides is 1. The summed E-state index contributed by atoms with van der Waals surface area (Å²) in [5, 5.41) is 37.7. The molecule has 2 atom stereocenters. The van der Waals surface area contributed by atoms with Crippen LogP contribution in [-0.2, 0) is 29.3 Å². The molecule has 1 unspecified atom stereocenters. The summed E-state index contributed by atoms with van der Waals surface area (Å²) in [6.07, 6.45) is 4.52. The van der Waals surface area contributed by atoms with Crippen molar-refractivity contribution in [1.82, 2.24) is 20.9 Å². The third-order valence-electron chi connectivity index (χ3n) is 10.1. The largest absolute Gasteiger partial charge is 0.492 e. The first-order chi connectivity index (χ1) is 28.1. The summed E-state index contributed by atoms with van der Waals surface area (Å²) in [5.74, 6) is 0.471. The number of pyridine rings is 1. The van der Waals surface area contributed by atoms with Gasteiger partial charge in [-0.25, -0.2) is 0 Å². The minimum absolute atomic E-state index is 0.0443. The summed E-state index contributed by atoms with van der Waals surface area (Å²) in [7, 11) is 0. The van der Waals surface area contributed by atoms with Crippen molar-refractivity contribution in [2.24, 2.45) is 0 Å². The molecule has 1 aliphatic rings. The second kappa shape index (κ2) is 19.9. The van der Waals surface area contributed by atoms with Crippen LogP contribution in [0.2, 0.25) is 5.02 Å². The molecule has 1 aromatic heterocycles. The van der Waals surface area contributed by atoms with Gasteiger partial charge in [0, 0.05) is 61.7 Å². The van der Waals surface area contributed by atoms with Gasteiger partial charge in [0.15, 0.2) is 0 Å². The molecule has 0 radical (unpaired) electrons. The highest BCUT2D eigenvalue weighted by molar-refractivity contribution is 6.32. The van der Waals surface area contributed by atoms with E-state index in [0.717, 1.165) is 57.7 Å². The number of halogens is 1. The zero-order chi connectivity index (χ0) is 41.0. The SMILES string of the molecule is Cc1c(COc2cc(OCc3cncc(C#N)c3)c(CNC(CO)C(=O)O)cc2Cl)cccc1-c1cccc(-c2ccc(OCCNC[C@@H]3CCC(=O)N3)cc2)c1C. The van der Waals surface area contributed by atoms with Crippen molar-refractivity contribution >= 4 is 23.5 Å². The normalized spacial score (nSPS) is 14.1. The number of aliphatic hydroxyl groups excluding tert-OH is 1. The van der Waals surface area contributed by atoms with Crippen molar-refractivity contribution in [2.75, 3.05) is 26.3 Å². The van der Waals surface area contributed by atoms with Crippen LogP contribution in [0.25, 0.3) is 22.3 Å². The molecule has 5 aromatic rings. The van der Waals surface area contributed by atoms with Crippen molar-refractivity contribution in [3.63, 3.8) is 0 Å². The number of benzene rings is 4. The molecule has 1 saturated heterocycles. The molecule has 1 fully saturated rings. The zero-order valence-electron chi connectivity index (χ0n) is 32.4. The van der Waals surface area contributed by atoms with Gasteiger partial charge >= 0.3 is 5.97 Å². The van der Waals surface area contributed by atoms with E-state index in [4.69, 9.17) is 25.8 Å². The highest BCUT2D eigenvalue weighted by Gasteiger charge is 2.21. The Bertz CT molecular complexity index is 2280. The summed E-state index contributed by atoms with van der Waals surface area (Å²) >= 11 is 6.73. The van der Waals surface area contributed by atoms with Gasteiger partial charge in [0.25, 0.3) is 0 Å². The third-order valence-corrected chi connectivity index (χ3v) is 10.4. The molecule has 300 valence electrons. The van der Waals surface area contributed by atoms with Crippen LogP contribution < -0.4 is 30.2 Å². The molecule has 13 heteroatoms. The first-order valence-electron chi connectivity index (χ1n) is 19.0. The minimum atomic E-state index is -1.19. The Hall–Kier alpha value is -5.97. The summed E-state index contributed by atoms with van der Waals surface area (Å²) < 4.78 is 18.4. The Morgan fingerprint density at radius 2 is 1.69 bits per heavy atom. The monoisotopic (exact) mass is 803 g/mol. The molecule has 1 aliphatic heterocycles. The Labute approximate surface area is 342 Å². The molecule has 12 nitrogen and oxygen atoms in total. The van der Waals surface area contributed by atoms with Crippen LogP contribution in [0, 0.1) is 25.2 Å². The van der Waals surface area contributed by atoms with Gasteiger partial charge in [0.2, 0.25) is 5.91 Å². The molecule has 5 N–H and O–H groups in total. The minimum Gasteiger partial charge on any atom is -0.492 e. The average molecular weight is 804 g/mol. The van der Waals surface area contributed by atoms with Crippen molar-refractivity contribution < 1.29 is 34.0 Å². The van der Waals surface area contributed by atoms with Crippen LogP contribution >= 0.6 is 11.6 Å². The number of nitriles is 1. The Balaban J connectivity index is 1.14. The fraction of sp³-hybridized carbons (Fsp3) is 0.289. The molecular weight excluding hydrogens is 758 g/mol. The smallest absolute Gasteiger partial charge is 0.323 e. The molecule has 4 aromatic carbocycles. The van der Waals surface area contributed by atoms with Gasteiger partial charge in [-0.15, -0.1) is 0 Å². The van der Waals surface area contributed by atoms with Crippen LogP contribution in [-0.4, -0.2) is 65.5 Å². The molecule has 0 saturated carbocycles. The average Bonchev–Trinajstić information content (AvgIpc) is 3.65. The van der Waals surface area contributed by atoms with Crippen molar-refractivity contribution in [1.29, 1.82) is 5.26 Å². The number of nitrogens with zero attached hydrogens (tertiary/aromatic N) is 2. The van der Waals surface area contributed by atoms with Crippen LogP contribution in [0.4, 0.5) is 0 Å². The number of rotatable bonds is 19. The molecule has 0 bridgehead atoms. The van der Waals surface area contributed by atoms with Crippen molar-refractivity contribution in [3.8, 4) is 45.6 Å². The molecule has 2 heterocycles. The van der Waals surface area contributed by atoms with Gasteiger partial charge < -0.3 is 35.1 Å². The van der Waals surface area contributed by atoms with E-state index in [1.807, 2.05) is 24.3 Å². The number of nitrogens with one attached hydrogen (secondary N) is 3. The van der Waals surface area contributed by atoms with E-state index in [9.17, 15) is 25.1 Å². The standard InChI is InChI=1S/C45H46ClN5O7/c1-28-33(27-58-43-19-42(57-26-31-17-30(20-47)21-49-22-31)34(18-40(43)46)23-50-41(25-52)45(54)55)5-3-7-38(28)39-8-4-6-37(29(39)2)32-9-12-36(13-10-32)56-16-15-48-24-35-11-14-44(53)51-35/h3-10,12-13,17-19,21-22,35,41,48,50,52H,11,14-16,23-27H2,1-2H3,(H,51,53)(H,54,55)/t35-,41?/m0/s1. The van der Waals surface area contributed by atoms with E-state index in [1.54, 1.807) is 24.4 Å². The molecular formula is C45H46ClN5O7. The van der Waals surface area contributed by atoms with E-state index >= 15 is 0 Å². The lowest BCUT2D eigenvalue weighted by Gasteiger charge is -2.19. The Morgan fingerprint density at radius 1 is 0.948 bits per heavy atom. The molecule has 0 aliphatic carbocycles. The number of carboxylic acid groups (broad SMARTS) is 1. The zero-order valence-corrected chi connectivity index (χ0v) is 33.1. The van der Waals surface area contributed by atoms with E-state index in [-0.39, 0.29) is 31.7 Å². The second-order valence-corrected chi connectivity index (χ2v) is 14.5. The third kappa shape index (κ3) is 10.7. The number of hydrogen-bond donors (Lipinski definition) is 5. The lowest BCUT2D eigenvalue weighted by Crippen LogP contribution is -2.39. The predicted molar refractivity (Wildman–Crippen MR) is 221 cm³/mol. The number of aliphatic carboxylic acids is 1. The van der Waals surface area contributed by atoms with Gasteiger partial charge in [-0.1, -0.05) is 60.1 Å². The number of ether oxygens (including phenoxy) is 3. The maximum atomic E-state index is 11.5. The summed E-state index contributed by atoms with van der Waals surface area (Å²) in [6, 6.07) is 26.6. The maximum absolute atomic E-state index is 11.5. The molecule has 1 amide bonds.